The highest BCUT2D eigenvalue weighted by Crippen LogP contribution is 2.32. The molecule has 1 N–H and O–H groups in total. The van der Waals surface area contributed by atoms with Crippen molar-refractivity contribution in [3.63, 3.8) is 0 Å². The van der Waals surface area contributed by atoms with E-state index in [4.69, 9.17) is 9.47 Å². The summed E-state index contributed by atoms with van der Waals surface area (Å²) in [4.78, 5) is 8.31. The normalized spacial score (nSPS) is 13.1. The standard InChI is InChI=1S/C21H19F2N3O2.CH4S/c1-13-8-15-11-16(9-13)27-6-2-3-7-28-19-10-14(22)4-5-17(19)20-18(23)12-24-21(25-15)26-20;1-2/h4-5,8-12H,2-3,6-7H2,1H3,(H,24,25,26);2H,1H3. The van der Waals surface area contributed by atoms with E-state index in [1.807, 2.05) is 25.1 Å². The molecule has 158 valence electrons. The van der Waals surface area contributed by atoms with Crippen LogP contribution in [0.5, 0.6) is 11.5 Å². The molecule has 2 heterocycles. The maximum absolute atomic E-state index is 14.5. The van der Waals surface area contributed by atoms with Crippen molar-refractivity contribution < 1.29 is 18.3 Å². The number of aromatic nitrogens is 2. The Morgan fingerprint density at radius 1 is 1.00 bits per heavy atom. The average Bonchev–Trinajstić information content (AvgIpc) is 2.73. The molecule has 3 aromatic rings. The molecule has 5 nitrogen and oxygen atoms in total. The molecule has 2 aromatic carbocycles. The van der Waals surface area contributed by atoms with Crippen molar-refractivity contribution in [1.82, 2.24) is 9.97 Å². The number of benzene rings is 2. The van der Waals surface area contributed by atoms with E-state index in [9.17, 15) is 8.78 Å². The van der Waals surface area contributed by atoms with Crippen molar-refractivity contribution in [2.75, 3.05) is 24.8 Å². The second-order valence-electron chi connectivity index (χ2n) is 6.59. The zero-order valence-corrected chi connectivity index (χ0v) is 17.7. The number of rotatable bonds is 0. The van der Waals surface area contributed by atoms with Crippen molar-refractivity contribution in [1.29, 1.82) is 0 Å². The first-order valence-corrected chi connectivity index (χ1v) is 10.4. The number of aryl methyl sites for hydroxylation is 1. The fourth-order valence-corrected chi connectivity index (χ4v) is 3.04. The number of nitrogens with one attached hydrogen (secondary N) is 1. The van der Waals surface area contributed by atoms with E-state index < -0.39 is 11.6 Å². The first-order valence-electron chi connectivity index (χ1n) is 9.50. The molecule has 0 radical (unpaired) electrons. The number of hydrogen-bond acceptors (Lipinski definition) is 6. The van der Waals surface area contributed by atoms with Crippen molar-refractivity contribution in [3.8, 4) is 22.8 Å². The number of ether oxygens (including phenoxy) is 2. The highest BCUT2D eigenvalue weighted by Gasteiger charge is 2.16. The van der Waals surface area contributed by atoms with Gasteiger partial charge >= 0.3 is 0 Å². The fourth-order valence-electron chi connectivity index (χ4n) is 3.04. The Kier molecular flexibility index (Phi) is 7.46. The Morgan fingerprint density at radius 2 is 1.77 bits per heavy atom. The number of hydrogen-bond donors (Lipinski definition) is 2. The van der Waals surface area contributed by atoms with Crippen LogP contribution in [0.15, 0.2) is 42.6 Å². The number of fused-ring (bicyclic) bond motifs is 6. The second-order valence-corrected chi connectivity index (χ2v) is 6.59. The van der Waals surface area contributed by atoms with E-state index in [1.54, 1.807) is 6.26 Å². The quantitative estimate of drug-likeness (QED) is 0.456. The fraction of sp³-hybridized carbons (Fsp3) is 0.273. The van der Waals surface area contributed by atoms with Gasteiger partial charge in [-0.2, -0.15) is 12.6 Å². The Labute approximate surface area is 179 Å². The molecule has 0 unspecified atom stereocenters. The molecule has 1 aromatic heterocycles. The third-order valence-electron chi connectivity index (χ3n) is 4.31. The molecule has 0 saturated carbocycles. The van der Waals surface area contributed by atoms with Crippen LogP contribution in [0.2, 0.25) is 0 Å². The molecule has 0 aliphatic carbocycles. The van der Waals surface area contributed by atoms with Gasteiger partial charge in [-0.25, -0.2) is 18.7 Å². The first kappa shape index (κ1) is 21.8. The monoisotopic (exact) mass is 431 g/mol. The lowest BCUT2D eigenvalue weighted by molar-refractivity contribution is 0.266. The predicted molar refractivity (Wildman–Crippen MR) is 117 cm³/mol. The molecule has 0 amide bonds. The molecule has 1 aliphatic heterocycles. The van der Waals surface area contributed by atoms with Crippen LogP contribution in [0.25, 0.3) is 11.3 Å². The maximum Gasteiger partial charge on any atom is 0.227 e. The van der Waals surface area contributed by atoms with E-state index in [-0.39, 0.29) is 17.4 Å². The summed E-state index contributed by atoms with van der Waals surface area (Å²) in [5, 5.41) is 3.08. The summed E-state index contributed by atoms with van der Waals surface area (Å²) >= 11 is 3.53. The minimum absolute atomic E-state index is 0.0477. The molecule has 0 fully saturated rings. The smallest absolute Gasteiger partial charge is 0.227 e. The highest BCUT2D eigenvalue weighted by molar-refractivity contribution is 7.79. The number of halogens is 2. The van der Waals surface area contributed by atoms with Gasteiger partial charge in [0.1, 0.15) is 23.0 Å². The van der Waals surface area contributed by atoms with Crippen molar-refractivity contribution >= 4 is 24.3 Å². The van der Waals surface area contributed by atoms with Gasteiger partial charge in [0.05, 0.1) is 19.4 Å². The summed E-state index contributed by atoms with van der Waals surface area (Å²) < 4.78 is 39.7. The SMILES string of the molecule is CS.Cc1cc2cc(c1)OCCCCOc1cc(F)ccc1-c1nc(ncc1F)N2. The van der Waals surface area contributed by atoms with Crippen molar-refractivity contribution in [3.05, 3.63) is 59.8 Å². The molecule has 0 atom stereocenters. The topological polar surface area (TPSA) is 56.3 Å². The largest absolute Gasteiger partial charge is 0.494 e. The van der Waals surface area contributed by atoms with Gasteiger partial charge in [-0.05, 0) is 55.9 Å². The Bertz CT molecular complexity index is 1020. The Hall–Kier alpha value is -2.87. The summed E-state index contributed by atoms with van der Waals surface area (Å²) in [6.45, 7) is 2.85. The summed E-state index contributed by atoms with van der Waals surface area (Å²) in [6, 6.07) is 9.67. The molecule has 0 spiro atoms. The molecule has 1 aliphatic rings. The molecular weight excluding hydrogens is 408 g/mol. The third-order valence-corrected chi connectivity index (χ3v) is 4.31. The first-order chi connectivity index (χ1) is 14.6. The van der Waals surface area contributed by atoms with E-state index >= 15 is 0 Å². The summed E-state index contributed by atoms with van der Waals surface area (Å²) in [7, 11) is 0. The number of thiol groups is 1. The van der Waals surface area contributed by atoms with Crippen LogP contribution in [-0.2, 0) is 0 Å². The van der Waals surface area contributed by atoms with Gasteiger partial charge in [-0.1, -0.05) is 0 Å². The van der Waals surface area contributed by atoms with Crippen molar-refractivity contribution in [2.24, 2.45) is 0 Å². The maximum atomic E-state index is 14.5. The summed E-state index contributed by atoms with van der Waals surface area (Å²) in [5.74, 6) is 0.124. The molecule has 30 heavy (non-hydrogen) atoms. The van der Waals surface area contributed by atoms with Crippen LogP contribution in [0.1, 0.15) is 18.4 Å². The van der Waals surface area contributed by atoms with Gasteiger partial charge in [0.2, 0.25) is 5.95 Å². The predicted octanol–water partition coefficient (Wildman–Crippen LogP) is 5.57. The minimum atomic E-state index is -0.611. The molecule has 4 bridgehead atoms. The van der Waals surface area contributed by atoms with Gasteiger partial charge in [-0.15, -0.1) is 0 Å². The second kappa shape index (κ2) is 10.2. The van der Waals surface area contributed by atoms with E-state index in [2.05, 4.69) is 27.9 Å². The third kappa shape index (κ3) is 5.38. The molecule has 4 rings (SSSR count). The molecule has 8 heteroatoms. The lowest BCUT2D eigenvalue weighted by atomic mass is 10.1. The van der Waals surface area contributed by atoms with E-state index in [0.717, 1.165) is 29.6 Å². The van der Waals surface area contributed by atoms with Gasteiger partial charge in [0.25, 0.3) is 0 Å². The molecule has 0 saturated heterocycles. The average molecular weight is 432 g/mol. The van der Waals surface area contributed by atoms with Gasteiger partial charge in [-0.3, -0.25) is 0 Å². The Morgan fingerprint density at radius 3 is 2.57 bits per heavy atom. The lowest BCUT2D eigenvalue weighted by Gasteiger charge is -2.13. The van der Waals surface area contributed by atoms with Crippen LogP contribution >= 0.6 is 12.6 Å². The zero-order chi connectivity index (χ0) is 21.5. The van der Waals surface area contributed by atoms with Crippen LogP contribution < -0.4 is 14.8 Å². The van der Waals surface area contributed by atoms with Crippen LogP contribution in [-0.4, -0.2) is 29.4 Å². The van der Waals surface area contributed by atoms with Gasteiger partial charge < -0.3 is 14.8 Å². The van der Waals surface area contributed by atoms with E-state index in [0.29, 0.717) is 25.2 Å². The zero-order valence-electron chi connectivity index (χ0n) is 16.8. The van der Waals surface area contributed by atoms with Crippen LogP contribution in [0.4, 0.5) is 20.4 Å². The highest BCUT2D eigenvalue weighted by atomic mass is 32.1. The molecular formula is C22H23F2N3O2S. The van der Waals surface area contributed by atoms with Gasteiger partial charge in [0.15, 0.2) is 5.82 Å². The Balaban J connectivity index is 0.00000124. The minimum Gasteiger partial charge on any atom is -0.494 e. The lowest BCUT2D eigenvalue weighted by Crippen LogP contribution is -2.04. The van der Waals surface area contributed by atoms with E-state index in [1.165, 1.54) is 18.2 Å². The number of anilines is 2. The van der Waals surface area contributed by atoms with Crippen LogP contribution in [0.3, 0.4) is 0 Å². The van der Waals surface area contributed by atoms with Gasteiger partial charge in [0, 0.05) is 23.4 Å². The van der Waals surface area contributed by atoms with Crippen LogP contribution in [0, 0.1) is 18.6 Å². The summed E-state index contributed by atoms with van der Waals surface area (Å²) in [5.41, 5.74) is 2.17. The number of nitrogens with zero attached hydrogens (tertiary/aromatic N) is 2. The van der Waals surface area contributed by atoms with Crippen molar-refractivity contribution in [2.45, 2.75) is 19.8 Å². The summed E-state index contributed by atoms with van der Waals surface area (Å²) in [6.07, 6.45) is 4.26.